The minimum atomic E-state index is -3.63. The van der Waals surface area contributed by atoms with Crippen molar-refractivity contribution < 1.29 is 28.6 Å². The number of carbonyl (C=O) groups excluding carboxylic acids is 1. The van der Waals surface area contributed by atoms with Crippen LogP contribution in [0.15, 0.2) is 49.7 Å². The molecular formula is C17H10Br2F2O3. The van der Waals surface area contributed by atoms with Gasteiger partial charge < -0.3 is 9.52 Å². The Morgan fingerprint density at radius 2 is 1.83 bits per heavy atom. The number of para-hydroxylation sites is 1. The normalized spacial score (nSPS) is 14.2. The molecule has 0 bridgehead atoms. The number of halogens is 4. The zero-order valence-electron chi connectivity index (χ0n) is 15.9. The van der Waals surface area contributed by atoms with Crippen LogP contribution < -0.4 is 0 Å². The first-order chi connectivity index (χ1) is 12.9. The van der Waals surface area contributed by atoms with Gasteiger partial charge in [0.15, 0.2) is 11.5 Å². The molecular weight excluding hydrogens is 450 g/mol. The highest BCUT2D eigenvalue weighted by atomic mass is 79.9. The molecule has 0 saturated carbocycles. The number of furan rings is 1. The number of alkyl halides is 2. The Labute approximate surface area is 158 Å². The molecule has 0 atom stereocenters. The molecule has 0 radical (unpaired) electrons. The molecule has 0 spiro atoms. The number of phenols is 1. The fraction of sp³-hybridized carbons (Fsp3) is 0.118. The van der Waals surface area contributed by atoms with Crippen molar-refractivity contribution in [2.45, 2.75) is 12.8 Å². The van der Waals surface area contributed by atoms with Crippen LogP contribution >= 0.6 is 31.9 Å². The lowest BCUT2D eigenvalue weighted by Gasteiger charge is -2.10. The third-order valence-electron chi connectivity index (χ3n) is 3.24. The highest BCUT2D eigenvalue weighted by Gasteiger charge is 2.36. The number of phenolic OH excluding ortho intramolecular Hbond substituents is 1. The maximum atomic E-state index is 14.2. The van der Waals surface area contributed by atoms with Crippen LogP contribution in [0.1, 0.15) is 34.1 Å². The Balaban J connectivity index is 2.44. The summed E-state index contributed by atoms with van der Waals surface area (Å²) < 4.78 is 65.2. The maximum Gasteiger partial charge on any atom is 0.302 e. The van der Waals surface area contributed by atoms with Crippen molar-refractivity contribution in [3.8, 4) is 5.75 Å². The third-order valence-corrected chi connectivity index (χ3v) is 4.45. The minimum Gasteiger partial charge on any atom is -0.506 e. The quantitative estimate of drug-likeness (QED) is 0.484. The van der Waals surface area contributed by atoms with Crippen LogP contribution in [0.3, 0.4) is 0 Å². The number of rotatable bonds is 3. The molecule has 3 nitrogen and oxygen atoms in total. The summed E-state index contributed by atoms with van der Waals surface area (Å²) in [6.45, 7) is 0.501. The van der Waals surface area contributed by atoms with E-state index in [4.69, 9.17) is 9.90 Å². The number of hydrogen-bond acceptors (Lipinski definition) is 3. The summed E-state index contributed by atoms with van der Waals surface area (Å²) in [5.41, 5.74) is -1.28. The van der Waals surface area contributed by atoms with Crippen molar-refractivity contribution in [2.75, 3.05) is 0 Å². The van der Waals surface area contributed by atoms with Gasteiger partial charge in [-0.3, -0.25) is 4.79 Å². The van der Waals surface area contributed by atoms with Gasteiger partial charge in [-0.1, -0.05) is 18.1 Å². The van der Waals surface area contributed by atoms with E-state index in [1.807, 2.05) is 0 Å². The van der Waals surface area contributed by atoms with Crippen molar-refractivity contribution in [3.05, 3.63) is 62.1 Å². The monoisotopic (exact) mass is 462 g/mol. The van der Waals surface area contributed by atoms with E-state index >= 15 is 0 Å². The summed E-state index contributed by atoms with van der Waals surface area (Å²) in [5.74, 6) is -5.82. The van der Waals surface area contributed by atoms with Crippen LogP contribution in [-0.2, 0) is 5.92 Å². The molecule has 0 aliphatic carbocycles. The lowest BCUT2D eigenvalue weighted by Crippen LogP contribution is -2.13. The molecule has 1 aromatic heterocycles. The molecule has 0 aliphatic rings. The summed E-state index contributed by atoms with van der Waals surface area (Å²) in [4.78, 5) is 13.1. The second-order valence-electron chi connectivity index (χ2n) is 5.02. The Morgan fingerprint density at radius 1 is 1.25 bits per heavy atom. The van der Waals surface area contributed by atoms with Crippen LogP contribution in [0.4, 0.5) is 8.78 Å². The molecule has 0 saturated heterocycles. The van der Waals surface area contributed by atoms with E-state index in [1.54, 1.807) is 0 Å². The van der Waals surface area contributed by atoms with Gasteiger partial charge in [-0.25, -0.2) is 0 Å². The van der Waals surface area contributed by atoms with Crippen molar-refractivity contribution in [3.63, 3.8) is 0 Å². The van der Waals surface area contributed by atoms with E-state index < -0.39 is 58.2 Å². The van der Waals surface area contributed by atoms with Gasteiger partial charge in [0.1, 0.15) is 11.3 Å². The second-order valence-corrected chi connectivity index (χ2v) is 6.72. The van der Waals surface area contributed by atoms with Crippen LogP contribution in [0, 0.1) is 0 Å². The molecule has 0 unspecified atom stereocenters. The topological polar surface area (TPSA) is 50.4 Å². The Hall–Kier alpha value is -1.73. The van der Waals surface area contributed by atoms with E-state index in [0.717, 1.165) is 0 Å². The van der Waals surface area contributed by atoms with Crippen molar-refractivity contribution >= 4 is 48.6 Å². The fourth-order valence-electron chi connectivity index (χ4n) is 2.19. The smallest absolute Gasteiger partial charge is 0.302 e. The first-order valence-electron chi connectivity index (χ1n) is 8.50. The maximum absolute atomic E-state index is 14.2. The summed E-state index contributed by atoms with van der Waals surface area (Å²) in [6, 6.07) is -0.225. The average molecular weight is 464 g/mol. The zero-order valence-corrected chi connectivity index (χ0v) is 15.1. The molecule has 7 heteroatoms. The summed E-state index contributed by atoms with van der Waals surface area (Å²) in [7, 11) is 0. The van der Waals surface area contributed by atoms with Gasteiger partial charge in [0, 0.05) is 17.9 Å². The molecule has 1 heterocycles. The molecule has 2 aromatic carbocycles. The molecule has 3 rings (SSSR count). The number of hydrogen-bond donors (Lipinski definition) is 1. The summed E-state index contributed by atoms with van der Waals surface area (Å²) >= 11 is 6.12. The standard InChI is InChI=1S/C17H10Br2F2O3/c1-17(20,21)16-13(9-4-2-3-5-12(9)24-16)14(22)8-6-10(18)15(23)11(19)7-8/h2-7,23H,1H3/i2D,3D,4D,5D. The van der Waals surface area contributed by atoms with E-state index in [1.165, 1.54) is 12.1 Å². The van der Waals surface area contributed by atoms with Gasteiger partial charge in [-0.15, -0.1) is 0 Å². The molecule has 124 valence electrons. The van der Waals surface area contributed by atoms with Gasteiger partial charge in [0.25, 0.3) is 0 Å². The van der Waals surface area contributed by atoms with Gasteiger partial charge >= 0.3 is 5.92 Å². The molecule has 1 N–H and O–H groups in total. The van der Waals surface area contributed by atoms with Crippen LogP contribution in [0.2, 0.25) is 0 Å². The lowest BCUT2D eigenvalue weighted by molar-refractivity contribution is -0.00469. The molecule has 0 aliphatic heterocycles. The van der Waals surface area contributed by atoms with E-state index in [0.29, 0.717) is 6.92 Å². The Morgan fingerprint density at radius 3 is 2.42 bits per heavy atom. The van der Waals surface area contributed by atoms with Gasteiger partial charge in [0.05, 0.1) is 20.0 Å². The van der Waals surface area contributed by atoms with Gasteiger partial charge in [0.2, 0.25) is 0 Å². The van der Waals surface area contributed by atoms with Crippen LogP contribution in [-0.4, -0.2) is 10.9 Å². The van der Waals surface area contributed by atoms with E-state index in [9.17, 15) is 18.7 Å². The lowest BCUT2D eigenvalue weighted by atomic mass is 9.98. The second kappa shape index (κ2) is 5.97. The average Bonchev–Trinajstić information content (AvgIpc) is 3.02. The molecule has 24 heavy (non-hydrogen) atoms. The van der Waals surface area contributed by atoms with Crippen molar-refractivity contribution in [1.82, 2.24) is 0 Å². The Bertz CT molecular complexity index is 1130. The first-order valence-corrected chi connectivity index (χ1v) is 8.08. The number of ketones is 1. The highest BCUT2D eigenvalue weighted by Crippen LogP contribution is 2.39. The van der Waals surface area contributed by atoms with E-state index in [-0.39, 0.29) is 20.3 Å². The fourth-order valence-corrected chi connectivity index (χ4v) is 3.37. The van der Waals surface area contributed by atoms with Crippen molar-refractivity contribution in [1.29, 1.82) is 0 Å². The predicted octanol–water partition coefficient (Wildman–Crippen LogP) is 6.01. The van der Waals surface area contributed by atoms with Crippen LogP contribution in [0.5, 0.6) is 5.75 Å². The number of benzene rings is 2. The summed E-state index contributed by atoms with van der Waals surface area (Å²) in [6.07, 6.45) is 0. The first kappa shape index (κ1) is 12.6. The zero-order chi connectivity index (χ0) is 21.1. The molecule has 3 aromatic rings. The minimum absolute atomic E-state index is 0.0999. The highest BCUT2D eigenvalue weighted by molar-refractivity contribution is 9.11. The van der Waals surface area contributed by atoms with E-state index in [2.05, 4.69) is 31.9 Å². The Kier molecular flexibility index (Phi) is 3.13. The summed E-state index contributed by atoms with van der Waals surface area (Å²) in [5, 5.41) is 9.38. The van der Waals surface area contributed by atoms with Crippen molar-refractivity contribution in [2.24, 2.45) is 0 Å². The molecule has 0 amide bonds. The van der Waals surface area contributed by atoms with Gasteiger partial charge in [-0.2, -0.15) is 8.78 Å². The largest absolute Gasteiger partial charge is 0.506 e. The number of carbonyl (C=O) groups is 1. The number of fused-ring (bicyclic) bond motifs is 1. The predicted molar refractivity (Wildman–Crippen MR) is 92.7 cm³/mol. The SMILES string of the molecule is [2H]c1c([2H])c([2H])c2c(C(=O)c3cc(Br)c(O)c(Br)c3)c(C(C)(F)F)oc2c1[2H]. The third kappa shape index (κ3) is 2.86. The van der Waals surface area contributed by atoms with Gasteiger partial charge in [-0.05, 0) is 50.0 Å². The van der Waals surface area contributed by atoms with Crippen LogP contribution in [0.25, 0.3) is 11.0 Å². The molecule has 0 fully saturated rings. The number of aromatic hydroxyl groups is 1.